The third-order valence-electron chi connectivity index (χ3n) is 5.29. The molecule has 6 heteroatoms. The molecule has 2 aliphatic rings. The monoisotopic (exact) mass is 368 g/mol. The Labute approximate surface area is 157 Å². The van der Waals surface area contributed by atoms with E-state index < -0.39 is 0 Å². The molecule has 0 saturated heterocycles. The SMILES string of the molecule is O=C(NCCCCCCNC(=O)OC1CCCCC1)OC1CCCCC1. The molecule has 0 aliphatic heterocycles. The zero-order chi connectivity index (χ0) is 18.5. The van der Waals surface area contributed by atoms with Crippen molar-refractivity contribution >= 4 is 12.2 Å². The topological polar surface area (TPSA) is 76.7 Å². The van der Waals surface area contributed by atoms with Gasteiger partial charge in [0.2, 0.25) is 0 Å². The third-order valence-corrected chi connectivity index (χ3v) is 5.29. The van der Waals surface area contributed by atoms with Gasteiger partial charge in [-0.05, 0) is 64.2 Å². The van der Waals surface area contributed by atoms with Gasteiger partial charge in [-0.2, -0.15) is 0 Å². The quantitative estimate of drug-likeness (QED) is 0.580. The van der Waals surface area contributed by atoms with E-state index in [1.165, 1.54) is 38.5 Å². The number of nitrogens with one attached hydrogen (secondary N) is 2. The minimum absolute atomic E-state index is 0.114. The first-order chi connectivity index (χ1) is 12.7. The van der Waals surface area contributed by atoms with Crippen LogP contribution in [0.1, 0.15) is 89.9 Å². The number of carbonyl (C=O) groups excluding carboxylic acids is 2. The second-order valence-corrected chi connectivity index (χ2v) is 7.60. The van der Waals surface area contributed by atoms with Crippen LogP contribution < -0.4 is 10.6 Å². The Hall–Kier alpha value is -1.46. The van der Waals surface area contributed by atoms with Crippen LogP contribution in [-0.2, 0) is 9.47 Å². The molecule has 0 unspecified atom stereocenters. The summed E-state index contributed by atoms with van der Waals surface area (Å²) in [4.78, 5) is 23.4. The first kappa shape index (κ1) is 20.8. The molecule has 0 heterocycles. The van der Waals surface area contributed by atoms with Crippen LogP contribution in [0.15, 0.2) is 0 Å². The van der Waals surface area contributed by atoms with E-state index in [2.05, 4.69) is 10.6 Å². The Kier molecular flexibility index (Phi) is 10.3. The maximum atomic E-state index is 11.7. The van der Waals surface area contributed by atoms with Crippen molar-refractivity contribution in [3.8, 4) is 0 Å². The van der Waals surface area contributed by atoms with Crippen LogP contribution in [0, 0.1) is 0 Å². The van der Waals surface area contributed by atoms with Gasteiger partial charge in [0.1, 0.15) is 12.2 Å². The number of unbranched alkanes of at least 4 members (excludes halogenated alkanes) is 3. The summed E-state index contributed by atoms with van der Waals surface area (Å²) in [7, 11) is 0. The van der Waals surface area contributed by atoms with Crippen molar-refractivity contribution in [2.45, 2.75) is 102 Å². The van der Waals surface area contributed by atoms with Crippen LogP contribution >= 0.6 is 0 Å². The van der Waals surface area contributed by atoms with Crippen LogP contribution in [0.25, 0.3) is 0 Å². The molecule has 0 aromatic carbocycles. The average molecular weight is 369 g/mol. The number of hydrogen-bond donors (Lipinski definition) is 2. The number of carbonyl (C=O) groups is 2. The van der Waals surface area contributed by atoms with E-state index in [9.17, 15) is 9.59 Å². The van der Waals surface area contributed by atoms with Gasteiger partial charge in [0.15, 0.2) is 0 Å². The standard InChI is InChI=1S/C20H36N2O4/c23-19(25-17-11-5-3-6-12-17)21-15-9-1-2-10-16-22-20(24)26-18-13-7-4-8-14-18/h17-18H,1-16H2,(H,21,23)(H,22,24). The Morgan fingerprint density at radius 1 is 0.615 bits per heavy atom. The number of ether oxygens (including phenoxy) is 2. The second kappa shape index (κ2) is 12.8. The van der Waals surface area contributed by atoms with E-state index in [1.807, 2.05) is 0 Å². The highest BCUT2D eigenvalue weighted by Gasteiger charge is 2.18. The van der Waals surface area contributed by atoms with Gasteiger partial charge < -0.3 is 20.1 Å². The van der Waals surface area contributed by atoms with Gasteiger partial charge in [0.05, 0.1) is 0 Å². The van der Waals surface area contributed by atoms with Crippen LogP contribution in [0.5, 0.6) is 0 Å². The van der Waals surface area contributed by atoms with E-state index in [0.717, 1.165) is 51.4 Å². The van der Waals surface area contributed by atoms with E-state index in [0.29, 0.717) is 13.1 Å². The Bertz CT molecular complexity index is 367. The molecule has 2 rings (SSSR count). The summed E-state index contributed by atoms with van der Waals surface area (Å²) in [5, 5.41) is 5.67. The van der Waals surface area contributed by atoms with E-state index in [-0.39, 0.29) is 24.4 Å². The first-order valence-corrected chi connectivity index (χ1v) is 10.6. The van der Waals surface area contributed by atoms with Crippen LogP contribution in [-0.4, -0.2) is 37.5 Å². The molecule has 0 aromatic heterocycles. The molecule has 2 saturated carbocycles. The lowest BCUT2D eigenvalue weighted by Gasteiger charge is -2.22. The smallest absolute Gasteiger partial charge is 0.407 e. The van der Waals surface area contributed by atoms with Gasteiger partial charge in [-0.25, -0.2) is 9.59 Å². The van der Waals surface area contributed by atoms with Gasteiger partial charge in [0, 0.05) is 13.1 Å². The Morgan fingerprint density at radius 3 is 1.38 bits per heavy atom. The minimum atomic E-state index is -0.274. The van der Waals surface area contributed by atoms with Gasteiger partial charge >= 0.3 is 12.2 Å². The van der Waals surface area contributed by atoms with E-state index >= 15 is 0 Å². The molecule has 150 valence electrons. The maximum Gasteiger partial charge on any atom is 0.407 e. The van der Waals surface area contributed by atoms with Gasteiger partial charge in [-0.3, -0.25) is 0 Å². The van der Waals surface area contributed by atoms with Crippen LogP contribution in [0.2, 0.25) is 0 Å². The first-order valence-electron chi connectivity index (χ1n) is 10.6. The van der Waals surface area contributed by atoms with Crippen molar-refractivity contribution in [2.24, 2.45) is 0 Å². The van der Waals surface area contributed by atoms with Crippen LogP contribution in [0.3, 0.4) is 0 Å². The molecular weight excluding hydrogens is 332 g/mol. The molecule has 2 amide bonds. The molecule has 0 bridgehead atoms. The predicted octanol–water partition coefficient (Wildman–Crippen LogP) is 4.66. The van der Waals surface area contributed by atoms with Crippen molar-refractivity contribution < 1.29 is 19.1 Å². The molecule has 2 fully saturated rings. The molecular formula is C20H36N2O4. The molecule has 0 spiro atoms. The second-order valence-electron chi connectivity index (χ2n) is 7.60. The molecule has 2 N–H and O–H groups in total. The fourth-order valence-corrected chi connectivity index (χ4v) is 3.74. The van der Waals surface area contributed by atoms with Crippen LogP contribution in [0.4, 0.5) is 9.59 Å². The molecule has 0 radical (unpaired) electrons. The highest BCUT2D eigenvalue weighted by molar-refractivity contribution is 5.67. The predicted molar refractivity (Wildman–Crippen MR) is 101 cm³/mol. The Morgan fingerprint density at radius 2 is 1.00 bits per heavy atom. The lowest BCUT2D eigenvalue weighted by molar-refractivity contribution is 0.0743. The molecule has 26 heavy (non-hydrogen) atoms. The highest BCUT2D eigenvalue weighted by atomic mass is 16.6. The number of amides is 2. The number of hydrogen-bond acceptors (Lipinski definition) is 4. The maximum absolute atomic E-state index is 11.7. The zero-order valence-electron chi connectivity index (χ0n) is 16.1. The summed E-state index contributed by atoms with van der Waals surface area (Å²) >= 11 is 0. The Balaban J connectivity index is 1.36. The summed E-state index contributed by atoms with van der Waals surface area (Å²) in [5.41, 5.74) is 0. The van der Waals surface area contributed by atoms with Crippen molar-refractivity contribution in [2.75, 3.05) is 13.1 Å². The molecule has 2 aliphatic carbocycles. The average Bonchev–Trinajstić information content (AvgIpc) is 2.65. The minimum Gasteiger partial charge on any atom is -0.446 e. The highest BCUT2D eigenvalue weighted by Crippen LogP contribution is 2.21. The summed E-state index contributed by atoms with van der Waals surface area (Å²) in [6, 6.07) is 0. The van der Waals surface area contributed by atoms with Crippen molar-refractivity contribution in [3.05, 3.63) is 0 Å². The summed E-state index contributed by atoms with van der Waals surface area (Å²) in [6.07, 6.45) is 14.8. The molecule has 6 nitrogen and oxygen atoms in total. The molecule has 0 atom stereocenters. The van der Waals surface area contributed by atoms with Crippen molar-refractivity contribution in [1.29, 1.82) is 0 Å². The largest absolute Gasteiger partial charge is 0.446 e. The fourth-order valence-electron chi connectivity index (χ4n) is 3.74. The van der Waals surface area contributed by atoms with Gasteiger partial charge in [-0.15, -0.1) is 0 Å². The normalized spacial score (nSPS) is 18.9. The lowest BCUT2D eigenvalue weighted by atomic mass is 9.98. The van der Waals surface area contributed by atoms with Gasteiger partial charge in [0.25, 0.3) is 0 Å². The number of rotatable bonds is 9. The fraction of sp³-hybridized carbons (Fsp3) is 0.900. The van der Waals surface area contributed by atoms with E-state index in [1.54, 1.807) is 0 Å². The number of alkyl carbamates (subject to hydrolysis) is 2. The third kappa shape index (κ3) is 9.30. The van der Waals surface area contributed by atoms with Crippen molar-refractivity contribution in [1.82, 2.24) is 10.6 Å². The molecule has 0 aromatic rings. The lowest BCUT2D eigenvalue weighted by Crippen LogP contribution is -2.31. The zero-order valence-corrected chi connectivity index (χ0v) is 16.1. The summed E-state index contributed by atoms with van der Waals surface area (Å²) < 4.78 is 10.8. The van der Waals surface area contributed by atoms with Crippen molar-refractivity contribution in [3.63, 3.8) is 0 Å². The summed E-state index contributed by atoms with van der Waals surface area (Å²) in [6.45, 7) is 1.31. The van der Waals surface area contributed by atoms with Gasteiger partial charge in [-0.1, -0.05) is 25.7 Å². The van der Waals surface area contributed by atoms with E-state index in [4.69, 9.17) is 9.47 Å². The summed E-state index contributed by atoms with van der Waals surface area (Å²) in [5.74, 6) is 0.